The monoisotopic (exact) mass is 431 g/mol. The third-order valence-corrected chi connectivity index (χ3v) is 5.16. The van der Waals surface area contributed by atoms with Crippen molar-refractivity contribution in [2.45, 2.75) is 25.9 Å². The molecule has 0 aliphatic carbocycles. The van der Waals surface area contributed by atoms with Crippen LogP contribution < -0.4 is 0 Å². The van der Waals surface area contributed by atoms with Crippen molar-refractivity contribution < 1.29 is 9.32 Å². The standard InChI is InChI=1S/C25H22ClN3O2/c26-22-13-11-21(12-14-22)25-27-23(31-28-25)15-16-24(30)29(17-19-7-3-1-4-8-19)18-20-9-5-2-6-10-20/h1-14H,15-18H2. The van der Waals surface area contributed by atoms with Gasteiger partial charge in [-0.1, -0.05) is 77.4 Å². The van der Waals surface area contributed by atoms with Crippen LogP contribution in [-0.4, -0.2) is 20.9 Å². The normalized spacial score (nSPS) is 10.7. The molecule has 156 valence electrons. The number of aryl methyl sites for hydroxylation is 1. The topological polar surface area (TPSA) is 59.2 Å². The molecule has 1 heterocycles. The van der Waals surface area contributed by atoms with Crippen LogP contribution in [0, 0.1) is 0 Å². The Morgan fingerprint density at radius 2 is 1.42 bits per heavy atom. The molecule has 1 amide bonds. The van der Waals surface area contributed by atoms with Crippen LogP contribution in [0.25, 0.3) is 11.4 Å². The minimum Gasteiger partial charge on any atom is -0.339 e. The lowest BCUT2D eigenvalue weighted by Gasteiger charge is -2.23. The van der Waals surface area contributed by atoms with E-state index in [-0.39, 0.29) is 5.91 Å². The first-order valence-corrected chi connectivity index (χ1v) is 10.5. The molecule has 5 nitrogen and oxygen atoms in total. The molecule has 0 saturated carbocycles. The Morgan fingerprint density at radius 3 is 2.00 bits per heavy atom. The molecule has 4 aromatic rings. The van der Waals surface area contributed by atoms with Crippen LogP contribution in [0.15, 0.2) is 89.5 Å². The molecule has 0 unspecified atom stereocenters. The third kappa shape index (κ3) is 5.80. The predicted molar refractivity (Wildman–Crippen MR) is 120 cm³/mol. The lowest BCUT2D eigenvalue weighted by molar-refractivity contribution is -0.132. The minimum atomic E-state index is 0.0407. The molecule has 0 atom stereocenters. The van der Waals surface area contributed by atoms with Gasteiger partial charge in [-0.25, -0.2) is 0 Å². The molecule has 0 fully saturated rings. The average molecular weight is 432 g/mol. The Morgan fingerprint density at radius 1 is 0.839 bits per heavy atom. The van der Waals surface area contributed by atoms with E-state index in [0.29, 0.717) is 42.7 Å². The summed E-state index contributed by atoms with van der Waals surface area (Å²) < 4.78 is 5.35. The van der Waals surface area contributed by atoms with Crippen molar-refractivity contribution in [2.75, 3.05) is 0 Å². The number of nitrogens with zero attached hydrogens (tertiary/aromatic N) is 3. The molecule has 0 aliphatic heterocycles. The molecule has 0 radical (unpaired) electrons. The molecule has 0 N–H and O–H groups in total. The van der Waals surface area contributed by atoms with E-state index in [4.69, 9.17) is 16.1 Å². The zero-order chi connectivity index (χ0) is 21.5. The van der Waals surface area contributed by atoms with Crippen molar-refractivity contribution in [3.05, 3.63) is 107 Å². The number of rotatable bonds is 8. The van der Waals surface area contributed by atoms with Gasteiger partial charge in [-0.3, -0.25) is 4.79 Å². The van der Waals surface area contributed by atoms with Gasteiger partial charge in [0.25, 0.3) is 0 Å². The molecule has 1 aromatic heterocycles. The Kier molecular flexibility index (Phi) is 6.75. The van der Waals surface area contributed by atoms with Gasteiger partial charge in [0.1, 0.15) is 0 Å². The number of halogens is 1. The van der Waals surface area contributed by atoms with Crippen molar-refractivity contribution in [3.8, 4) is 11.4 Å². The molecule has 0 bridgehead atoms. The number of aromatic nitrogens is 2. The molecule has 0 aliphatic rings. The molecule has 31 heavy (non-hydrogen) atoms. The van der Waals surface area contributed by atoms with E-state index in [1.807, 2.05) is 77.7 Å². The SMILES string of the molecule is O=C(CCc1nc(-c2ccc(Cl)cc2)no1)N(Cc1ccccc1)Cc1ccccc1. The Hall–Kier alpha value is -3.44. The average Bonchev–Trinajstić information content (AvgIpc) is 3.28. The summed E-state index contributed by atoms with van der Waals surface area (Å²) in [7, 11) is 0. The van der Waals surface area contributed by atoms with Crippen LogP contribution in [0.4, 0.5) is 0 Å². The molecular formula is C25H22ClN3O2. The number of hydrogen-bond acceptors (Lipinski definition) is 4. The Labute approximate surface area is 186 Å². The van der Waals surface area contributed by atoms with Gasteiger partial charge in [-0.05, 0) is 35.4 Å². The van der Waals surface area contributed by atoms with Crippen molar-refractivity contribution in [2.24, 2.45) is 0 Å². The van der Waals surface area contributed by atoms with Gasteiger partial charge in [0.15, 0.2) is 0 Å². The van der Waals surface area contributed by atoms with Gasteiger partial charge in [-0.2, -0.15) is 4.98 Å². The second kappa shape index (κ2) is 10.0. The zero-order valence-corrected chi connectivity index (χ0v) is 17.7. The highest BCUT2D eigenvalue weighted by molar-refractivity contribution is 6.30. The van der Waals surface area contributed by atoms with Crippen molar-refractivity contribution >= 4 is 17.5 Å². The summed E-state index contributed by atoms with van der Waals surface area (Å²) in [6.45, 7) is 1.10. The summed E-state index contributed by atoms with van der Waals surface area (Å²) in [6.07, 6.45) is 0.682. The van der Waals surface area contributed by atoms with E-state index in [2.05, 4.69) is 10.1 Å². The van der Waals surface area contributed by atoms with Crippen LogP contribution in [0.3, 0.4) is 0 Å². The maximum absolute atomic E-state index is 13.1. The lowest BCUT2D eigenvalue weighted by Crippen LogP contribution is -2.30. The second-order valence-electron chi connectivity index (χ2n) is 7.24. The highest BCUT2D eigenvalue weighted by atomic mass is 35.5. The number of carbonyl (C=O) groups excluding carboxylic acids is 1. The summed E-state index contributed by atoms with van der Waals surface area (Å²) in [4.78, 5) is 19.3. The largest absolute Gasteiger partial charge is 0.339 e. The highest BCUT2D eigenvalue weighted by Crippen LogP contribution is 2.19. The van der Waals surface area contributed by atoms with Crippen LogP contribution in [0.5, 0.6) is 0 Å². The maximum Gasteiger partial charge on any atom is 0.227 e. The zero-order valence-electron chi connectivity index (χ0n) is 16.9. The number of carbonyl (C=O) groups is 1. The van der Waals surface area contributed by atoms with Crippen LogP contribution in [0.1, 0.15) is 23.4 Å². The van der Waals surface area contributed by atoms with Crippen molar-refractivity contribution in [1.82, 2.24) is 15.0 Å². The third-order valence-electron chi connectivity index (χ3n) is 4.91. The smallest absolute Gasteiger partial charge is 0.227 e. The number of hydrogen-bond donors (Lipinski definition) is 0. The molecule has 4 rings (SSSR count). The fourth-order valence-corrected chi connectivity index (χ4v) is 3.41. The van der Waals surface area contributed by atoms with E-state index in [1.165, 1.54) is 0 Å². The van der Waals surface area contributed by atoms with Crippen molar-refractivity contribution in [1.29, 1.82) is 0 Å². The summed E-state index contributed by atoms with van der Waals surface area (Å²) in [5, 5.41) is 4.67. The molecule has 0 saturated heterocycles. The van der Waals surface area contributed by atoms with Gasteiger partial charge in [0, 0.05) is 36.5 Å². The molecule has 3 aromatic carbocycles. The second-order valence-corrected chi connectivity index (χ2v) is 7.68. The fraction of sp³-hybridized carbons (Fsp3) is 0.160. The Balaban J connectivity index is 1.42. The minimum absolute atomic E-state index is 0.0407. The van der Waals surface area contributed by atoms with Crippen LogP contribution in [-0.2, 0) is 24.3 Å². The Bertz CT molecular complexity index is 1070. The summed E-state index contributed by atoms with van der Waals surface area (Å²) in [5.74, 6) is 0.973. The summed E-state index contributed by atoms with van der Waals surface area (Å²) in [6, 6.07) is 27.2. The lowest BCUT2D eigenvalue weighted by atomic mass is 10.1. The van der Waals surface area contributed by atoms with Crippen molar-refractivity contribution in [3.63, 3.8) is 0 Å². The maximum atomic E-state index is 13.1. The number of benzene rings is 3. The molecular weight excluding hydrogens is 410 g/mol. The quantitative estimate of drug-likeness (QED) is 0.367. The van der Waals surface area contributed by atoms with Gasteiger partial charge < -0.3 is 9.42 Å². The fourth-order valence-electron chi connectivity index (χ4n) is 3.28. The summed E-state index contributed by atoms with van der Waals surface area (Å²) in [5.41, 5.74) is 3.00. The van der Waals surface area contributed by atoms with E-state index in [0.717, 1.165) is 16.7 Å². The predicted octanol–water partition coefficient (Wildman–Crippen LogP) is 5.55. The highest BCUT2D eigenvalue weighted by Gasteiger charge is 2.17. The van der Waals surface area contributed by atoms with Gasteiger partial charge in [-0.15, -0.1) is 0 Å². The first-order chi connectivity index (χ1) is 15.2. The first-order valence-electron chi connectivity index (χ1n) is 10.1. The molecule has 6 heteroatoms. The number of amides is 1. The van der Waals surface area contributed by atoms with Gasteiger partial charge >= 0.3 is 0 Å². The van der Waals surface area contributed by atoms with E-state index in [1.54, 1.807) is 12.1 Å². The van der Waals surface area contributed by atoms with Crippen LogP contribution >= 0.6 is 11.6 Å². The van der Waals surface area contributed by atoms with E-state index in [9.17, 15) is 4.79 Å². The van der Waals surface area contributed by atoms with Gasteiger partial charge in [0.2, 0.25) is 17.6 Å². The van der Waals surface area contributed by atoms with E-state index >= 15 is 0 Å². The summed E-state index contributed by atoms with van der Waals surface area (Å²) >= 11 is 5.93. The first kappa shape index (κ1) is 20.8. The molecule has 0 spiro atoms. The van der Waals surface area contributed by atoms with Gasteiger partial charge in [0.05, 0.1) is 0 Å². The van der Waals surface area contributed by atoms with E-state index < -0.39 is 0 Å². The van der Waals surface area contributed by atoms with Crippen LogP contribution in [0.2, 0.25) is 5.02 Å².